The predicted octanol–water partition coefficient (Wildman–Crippen LogP) is 4.97. The number of anilines is 2. The molecule has 0 aliphatic carbocycles. The molecule has 206 valence electrons. The third-order valence-electron chi connectivity index (χ3n) is 6.56. The van der Waals surface area contributed by atoms with E-state index < -0.39 is 0 Å². The molecule has 0 radical (unpaired) electrons. The molecule has 9 heteroatoms. The summed E-state index contributed by atoms with van der Waals surface area (Å²) < 4.78 is 18.1. The summed E-state index contributed by atoms with van der Waals surface area (Å²) in [5, 5.41) is 3.79. The maximum Gasteiger partial charge on any atom is 0.305 e. The fraction of sp³-hybridized carbons (Fsp3) is 0.552. The molecule has 3 heterocycles. The van der Waals surface area contributed by atoms with Gasteiger partial charge in [-0.3, -0.25) is 9.20 Å². The van der Waals surface area contributed by atoms with Crippen LogP contribution in [0.4, 0.5) is 11.6 Å². The van der Waals surface area contributed by atoms with Crippen LogP contribution in [-0.4, -0.2) is 66.4 Å². The molecule has 1 aromatic carbocycles. The van der Waals surface area contributed by atoms with Crippen molar-refractivity contribution in [2.24, 2.45) is 5.41 Å². The molecule has 9 nitrogen and oxygen atoms in total. The summed E-state index contributed by atoms with van der Waals surface area (Å²) in [6, 6.07) is 7.92. The molecule has 0 atom stereocenters. The van der Waals surface area contributed by atoms with E-state index in [-0.39, 0.29) is 23.3 Å². The van der Waals surface area contributed by atoms with E-state index in [1.165, 1.54) is 7.11 Å². The van der Waals surface area contributed by atoms with Crippen molar-refractivity contribution in [3.8, 4) is 17.0 Å². The Morgan fingerprint density at radius 1 is 1.11 bits per heavy atom. The first-order chi connectivity index (χ1) is 18.0. The minimum absolute atomic E-state index is 0.120. The highest BCUT2D eigenvalue weighted by Crippen LogP contribution is 2.35. The molecule has 0 spiro atoms. The molecule has 3 aromatic rings. The van der Waals surface area contributed by atoms with Crippen LogP contribution in [0.1, 0.15) is 53.2 Å². The van der Waals surface area contributed by atoms with Gasteiger partial charge >= 0.3 is 5.97 Å². The van der Waals surface area contributed by atoms with E-state index in [1.54, 1.807) is 7.11 Å². The quantitative estimate of drug-likeness (QED) is 0.393. The molecule has 0 amide bonds. The highest BCUT2D eigenvalue weighted by Gasteiger charge is 2.29. The number of nitrogens with one attached hydrogen (secondary N) is 1. The number of imidazole rings is 1. The van der Waals surface area contributed by atoms with Crippen LogP contribution < -0.4 is 15.0 Å². The molecular formula is C29H41N5O4. The lowest BCUT2D eigenvalue weighted by Crippen LogP contribution is -2.37. The number of methoxy groups -OCH3 is 2. The largest absolute Gasteiger partial charge is 0.497 e. The lowest BCUT2D eigenvalue weighted by atomic mass is 9.82. The average molecular weight is 524 g/mol. The van der Waals surface area contributed by atoms with E-state index in [4.69, 9.17) is 24.2 Å². The molecule has 1 fully saturated rings. The molecule has 38 heavy (non-hydrogen) atoms. The van der Waals surface area contributed by atoms with Crippen molar-refractivity contribution in [1.29, 1.82) is 0 Å². The maximum atomic E-state index is 12.1. The molecule has 2 aromatic heterocycles. The molecule has 4 rings (SSSR count). The third-order valence-corrected chi connectivity index (χ3v) is 6.56. The van der Waals surface area contributed by atoms with Gasteiger partial charge in [0.1, 0.15) is 11.6 Å². The first kappa shape index (κ1) is 27.7. The second-order valence-electron chi connectivity index (χ2n) is 11.7. The monoisotopic (exact) mass is 523 g/mol. The van der Waals surface area contributed by atoms with E-state index in [2.05, 4.69) is 49.2 Å². The molecule has 0 bridgehead atoms. The summed E-state index contributed by atoms with van der Waals surface area (Å²) in [5.41, 5.74) is 3.23. The van der Waals surface area contributed by atoms with E-state index in [0.717, 1.165) is 59.5 Å². The van der Waals surface area contributed by atoms with Gasteiger partial charge in [-0.05, 0) is 37.8 Å². The smallest absolute Gasteiger partial charge is 0.305 e. The number of hydrogen-bond acceptors (Lipinski definition) is 8. The number of rotatable bonds is 9. The first-order valence-electron chi connectivity index (χ1n) is 13.2. The van der Waals surface area contributed by atoms with E-state index in [0.29, 0.717) is 19.6 Å². The van der Waals surface area contributed by atoms with Crippen LogP contribution in [0.25, 0.3) is 16.9 Å². The number of aryl methyl sites for hydroxylation is 1. The number of esters is 1. The molecule has 1 N–H and O–H groups in total. The SMILES string of the molecule is COC(=O)CCc1nc2c(N3CCOCC3)nc(-c3cccc(OC)c3)cn2c1NC(C)(C)CC(C)(C)C. The van der Waals surface area contributed by atoms with Crippen molar-refractivity contribution >= 4 is 23.3 Å². The number of aromatic nitrogens is 3. The lowest BCUT2D eigenvalue weighted by molar-refractivity contribution is -0.140. The summed E-state index contributed by atoms with van der Waals surface area (Å²) >= 11 is 0. The molecular weight excluding hydrogens is 482 g/mol. The molecule has 1 aliphatic heterocycles. The van der Waals surface area contributed by atoms with Gasteiger partial charge in [-0.2, -0.15) is 0 Å². The molecule has 1 saturated heterocycles. The van der Waals surface area contributed by atoms with Gasteiger partial charge in [0.2, 0.25) is 0 Å². The number of fused-ring (bicyclic) bond motifs is 1. The van der Waals surface area contributed by atoms with Crippen LogP contribution in [-0.2, 0) is 20.7 Å². The Balaban J connectivity index is 1.91. The number of carbonyl (C=O) groups is 1. The van der Waals surface area contributed by atoms with E-state index in [9.17, 15) is 4.79 Å². The summed E-state index contributed by atoms with van der Waals surface area (Å²) in [6.07, 6.45) is 3.67. The van der Waals surface area contributed by atoms with Crippen molar-refractivity contribution < 1.29 is 19.0 Å². The molecule has 0 unspecified atom stereocenters. The zero-order valence-corrected chi connectivity index (χ0v) is 23.8. The fourth-order valence-electron chi connectivity index (χ4n) is 5.31. The Labute approximate surface area is 225 Å². The summed E-state index contributed by atoms with van der Waals surface area (Å²) in [5.74, 6) is 2.19. The maximum absolute atomic E-state index is 12.1. The number of carbonyl (C=O) groups excluding carboxylic acids is 1. The van der Waals surface area contributed by atoms with Crippen molar-refractivity contribution in [2.75, 3.05) is 50.7 Å². The normalized spacial score (nSPS) is 14.6. The number of benzene rings is 1. The summed E-state index contributed by atoms with van der Waals surface area (Å²) in [6.45, 7) is 13.9. The van der Waals surface area contributed by atoms with Crippen molar-refractivity contribution in [3.05, 3.63) is 36.2 Å². The Morgan fingerprint density at radius 3 is 2.50 bits per heavy atom. The minimum atomic E-state index is -0.259. The molecule has 0 saturated carbocycles. The standard InChI is InChI=1S/C29H41N5O4/c1-28(2,3)19-29(4,5)32-25-22(11-12-24(35)37-7)30-27-26(33-13-15-38-16-14-33)31-23(18-34(25)27)20-9-8-10-21(17-20)36-6/h8-10,17-18,32H,11-16,19H2,1-7H3. The summed E-state index contributed by atoms with van der Waals surface area (Å²) in [4.78, 5) is 24.5. The zero-order valence-electron chi connectivity index (χ0n) is 23.8. The number of hydrogen-bond donors (Lipinski definition) is 1. The van der Waals surface area contributed by atoms with Gasteiger partial charge in [0.05, 0.1) is 45.2 Å². The second kappa shape index (κ2) is 11.2. The molecule has 1 aliphatic rings. The Bertz CT molecular complexity index is 1270. The van der Waals surface area contributed by atoms with Crippen LogP contribution in [0.5, 0.6) is 5.75 Å². The number of nitrogens with zero attached hydrogens (tertiary/aromatic N) is 4. The van der Waals surface area contributed by atoms with Gasteiger partial charge in [-0.25, -0.2) is 9.97 Å². The number of ether oxygens (including phenoxy) is 3. The van der Waals surface area contributed by atoms with E-state index >= 15 is 0 Å². The topological polar surface area (TPSA) is 90.2 Å². The predicted molar refractivity (Wildman–Crippen MR) is 150 cm³/mol. The minimum Gasteiger partial charge on any atom is -0.497 e. The van der Waals surface area contributed by atoms with Gasteiger partial charge in [0.15, 0.2) is 11.5 Å². The van der Waals surface area contributed by atoms with Gasteiger partial charge in [0.25, 0.3) is 0 Å². The van der Waals surface area contributed by atoms with Crippen LogP contribution in [0.15, 0.2) is 30.5 Å². The van der Waals surface area contributed by atoms with Crippen LogP contribution in [0.3, 0.4) is 0 Å². The van der Waals surface area contributed by atoms with Crippen molar-refractivity contribution in [3.63, 3.8) is 0 Å². The second-order valence-corrected chi connectivity index (χ2v) is 11.7. The highest BCUT2D eigenvalue weighted by atomic mass is 16.5. The number of morpholine rings is 1. The van der Waals surface area contributed by atoms with Gasteiger partial charge in [-0.15, -0.1) is 0 Å². The van der Waals surface area contributed by atoms with Gasteiger partial charge in [0, 0.05) is 36.8 Å². The van der Waals surface area contributed by atoms with Crippen LogP contribution in [0.2, 0.25) is 0 Å². The van der Waals surface area contributed by atoms with Gasteiger partial charge in [-0.1, -0.05) is 32.9 Å². The average Bonchev–Trinajstić information content (AvgIpc) is 3.22. The highest BCUT2D eigenvalue weighted by molar-refractivity contribution is 5.75. The lowest BCUT2D eigenvalue weighted by Gasteiger charge is -2.34. The Kier molecular flexibility index (Phi) is 8.16. The fourth-order valence-corrected chi connectivity index (χ4v) is 5.31. The summed E-state index contributed by atoms with van der Waals surface area (Å²) in [7, 11) is 3.08. The first-order valence-corrected chi connectivity index (χ1v) is 13.2. The van der Waals surface area contributed by atoms with Crippen molar-refractivity contribution in [2.45, 2.75) is 59.4 Å². The third kappa shape index (κ3) is 6.56. The zero-order chi connectivity index (χ0) is 27.5. The van der Waals surface area contributed by atoms with E-state index in [1.807, 2.05) is 30.5 Å². The Hall–Kier alpha value is -3.33. The van der Waals surface area contributed by atoms with Gasteiger partial charge < -0.3 is 24.4 Å². The Morgan fingerprint density at radius 2 is 1.84 bits per heavy atom. The van der Waals surface area contributed by atoms with Crippen LogP contribution >= 0.6 is 0 Å². The van der Waals surface area contributed by atoms with Crippen molar-refractivity contribution in [1.82, 2.24) is 14.4 Å². The van der Waals surface area contributed by atoms with Crippen LogP contribution in [0, 0.1) is 5.41 Å².